The van der Waals surface area contributed by atoms with E-state index in [1.54, 1.807) is 23.5 Å². The van der Waals surface area contributed by atoms with Gasteiger partial charge < -0.3 is 14.6 Å². The van der Waals surface area contributed by atoms with E-state index in [0.29, 0.717) is 17.3 Å². The molecule has 0 radical (unpaired) electrons. The molecule has 0 aliphatic rings. The summed E-state index contributed by atoms with van der Waals surface area (Å²) in [6.45, 7) is 1.16. The van der Waals surface area contributed by atoms with Crippen LogP contribution in [0.2, 0.25) is 0 Å². The zero-order chi connectivity index (χ0) is 20.1. The number of fused-ring (bicyclic) bond motifs is 1. The number of aromatic amines is 1. The van der Waals surface area contributed by atoms with Gasteiger partial charge in [-0.2, -0.15) is 13.2 Å². The first kappa shape index (κ1) is 20.0. The van der Waals surface area contributed by atoms with Crippen LogP contribution in [0.4, 0.5) is 19.0 Å². The van der Waals surface area contributed by atoms with E-state index in [1.165, 1.54) is 12.4 Å². The summed E-state index contributed by atoms with van der Waals surface area (Å²) in [6, 6.07) is 5.12. The minimum atomic E-state index is -4.43. The number of ether oxygens (including phenoxy) is 1. The molecular formula is C18H18F3N5OS. The zero-order valence-corrected chi connectivity index (χ0v) is 15.8. The van der Waals surface area contributed by atoms with Gasteiger partial charge in [0.2, 0.25) is 5.88 Å². The molecule has 3 aromatic heterocycles. The Labute approximate surface area is 164 Å². The van der Waals surface area contributed by atoms with Crippen molar-refractivity contribution in [2.45, 2.75) is 19.5 Å². The zero-order valence-electron chi connectivity index (χ0n) is 14.9. The Morgan fingerprint density at radius 2 is 2.11 bits per heavy atom. The Morgan fingerprint density at radius 1 is 1.29 bits per heavy atom. The summed E-state index contributed by atoms with van der Waals surface area (Å²) in [5.41, 5.74) is 1.61. The number of nitrogens with one attached hydrogen (secondary N) is 1. The number of H-pyrrole nitrogens is 1. The lowest BCUT2D eigenvalue weighted by molar-refractivity contribution is -0.154. The number of hydrogen-bond acceptors (Lipinski definition) is 6. The van der Waals surface area contributed by atoms with Crippen molar-refractivity contribution >= 4 is 34.4 Å². The number of hydrogen-bond donors (Lipinski definition) is 2. The molecule has 10 heteroatoms. The Balaban J connectivity index is 1.89. The quantitative estimate of drug-likeness (QED) is 0.565. The molecule has 0 aromatic carbocycles. The van der Waals surface area contributed by atoms with Crippen molar-refractivity contribution < 1.29 is 17.9 Å². The van der Waals surface area contributed by atoms with Crippen LogP contribution in [0.15, 0.2) is 43.1 Å². The first-order valence-corrected chi connectivity index (χ1v) is 8.93. The molecule has 0 saturated heterocycles. The van der Waals surface area contributed by atoms with Crippen LogP contribution in [0.1, 0.15) is 18.9 Å². The van der Waals surface area contributed by atoms with Crippen molar-refractivity contribution in [1.82, 2.24) is 19.9 Å². The van der Waals surface area contributed by atoms with Crippen LogP contribution in [-0.2, 0) is 0 Å². The minimum Gasteiger partial charge on any atom is -0.468 e. The highest BCUT2D eigenvalue weighted by atomic mass is 32.1. The van der Waals surface area contributed by atoms with Crippen molar-refractivity contribution in [3.63, 3.8) is 0 Å². The Morgan fingerprint density at radius 3 is 2.86 bits per heavy atom. The first-order chi connectivity index (χ1) is 13.4. The number of anilines is 1. The van der Waals surface area contributed by atoms with Crippen molar-refractivity contribution in [2.24, 2.45) is 0 Å². The molecular weight excluding hydrogens is 391 g/mol. The number of pyridine rings is 1. The van der Waals surface area contributed by atoms with Gasteiger partial charge in [0, 0.05) is 47.1 Å². The van der Waals surface area contributed by atoms with Gasteiger partial charge in [-0.1, -0.05) is 6.92 Å². The minimum absolute atomic E-state index is 0.144. The summed E-state index contributed by atoms with van der Waals surface area (Å²) < 4.78 is 41.8. The van der Waals surface area contributed by atoms with Gasteiger partial charge in [-0.15, -0.1) is 12.6 Å². The van der Waals surface area contributed by atoms with E-state index in [2.05, 4.69) is 32.6 Å². The largest absolute Gasteiger partial charge is 0.468 e. The molecule has 3 aromatic rings. The lowest BCUT2D eigenvalue weighted by Gasteiger charge is -2.20. The van der Waals surface area contributed by atoms with Crippen LogP contribution >= 0.6 is 12.6 Å². The highest BCUT2D eigenvalue weighted by Crippen LogP contribution is 2.28. The molecule has 0 saturated carbocycles. The van der Waals surface area contributed by atoms with Crippen molar-refractivity contribution in [2.75, 3.05) is 18.1 Å². The van der Waals surface area contributed by atoms with Gasteiger partial charge in [0.1, 0.15) is 17.8 Å². The van der Waals surface area contributed by atoms with Crippen molar-refractivity contribution in [3.8, 4) is 5.88 Å². The fourth-order valence-electron chi connectivity index (χ4n) is 2.61. The third-order valence-electron chi connectivity index (χ3n) is 3.78. The normalized spacial score (nSPS) is 12.4. The number of halogens is 3. The third kappa shape index (κ3) is 4.94. The maximum atomic E-state index is 12.4. The lowest BCUT2D eigenvalue weighted by Crippen LogP contribution is -2.21. The topological polar surface area (TPSA) is 66.9 Å². The maximum absolute atomic E-state index is 12.4. The number of rotatable bonds is 7. The van der Waals surface area contributed by atoms with Gasteiger partial charge in [0.25, 0.3) is 0 Å². The molecule has 148 valence electrons. The summed E-state index contributed by atoms with van der Waals surface area (Å²) in [5, 5.41) is 0.914. The fourth-order valence-corrected chi connectivity index (χ4v) is 2.94. The molecule has 3 heterocycles. The van der Waals surface area contributed by atoms with Gasteiger partial charge >= 0.3 is 6.18 Å². The van der Waals surface area contributed by atoms with Gasteiger partial charge in [-0.05, 0) is 18.6 Å². The van der Waals surface area contributed by atoms with Crippen LogP contribution < -0.4 is 9.64 Å². The fraction of sp³-hybridized carbons (Fsp3) is 0.278. The second kappa shape index (κ2) is 8.51. The smallest absolute Gasteiger partial charge is 0.422 e. The number of nitrogens with zero attached hydrogens (tertiary/aromatic N) is 4. The van der Waals surface area contributed by atoms with Crippen LogP contribution in [0.3, 0.4) is 0 Å². The molecule has 0 aliphatic carbocycles. The molecule has 0 fully saturated rings. The van der Waals surface area contributed by atoms with Gasteiger partial charge in [0.05, 0.1) is 0 Å². The number of thiol groups is 1. The van der Waals surface area contributed by atoms with E-state index in [-0.39, 0.29) is 5.88 Å². The van der Waals surface area contributed by atoms with E-state index in [9.17, 15) is 13.2 Å². The number of aromatic nitrogens is 4. The van der Waals surface area contributed by atoms with Gasteiger partial charge in [-0.25, -0.2) is 15.0 Å². The molecule has 0 amide bonds. The van der Waals surface area contributed by atoms with Crippen LogP contribution in [0.5, 0.6) is 5.88 Å². The molecule has 0 aliphatic heterocycles. The molecule has 3 rings (SSSR count). The van der Waals surface area contributed by atoms with Crippen LogP contribution in [0.25, 0.3) is 15.9 Å². The first-order valence-electron chi connectivity index (χ1n) is 8.49. The standard InChI is InChI=1S/C18H18F3N5OS/c1-2-7-26(15-8-16(25-11-24-15)27-10-18(19,20)21)9-14(28)12-3-5-22-17-13(12)4-6-23-17/h3-6,8-9,11,28H,2,7,10H2,1H3,(H,22,23)/b14-9-. The predicted molar refractivity (Wildman–Crippen MR) is 104 cm³/mol. The Hall–Kier alpha value is -2.75. The van der Waals surface area contributed by atoms with Gasteiger partial charge in [0.15, 0.2) is 6.61 Å². The molecule has 0 bridgehead atoms. The average Bonchev–Trinajstić information content (AvgIpc) is 3.14. The summed E-state index contributed by atoms with van der Waals surface area (Å²) >= 11 is 4.61. The number of alkyl halides is 3. The predicted octanol–water partition coefficient (Wildman–Crippen LogP) is 4.44. The third-order valence-corrected chi connectivity index (χ3v) is 4.14. The monoisotopic (exact) mass is 409 g/mol. The lowest BCUT2D eigenvalue weighted by atomic mass is 10.2. The Bertz CT molecular complexity index is 973. The second-order valence-corrected chi connectivity index (χ2v) is 6.41. The van der Waals surface area contributed by atoms with Gasteiger partial charge in [-0.3, -0.25) is 0 Å². The van der Waals surface area contributed by atoms with E-state index in [1.807, 2.05) is 19.1 Å². The van der Waals surface area contributed by atoms with E-state index < -0.39 is 12.8 Å². The van der Waals surface area contributed by atoms with Crippen LogP contribution in [0, 0.1) is 0 Å². The molecule has 1 N–H and O–H groups in total. The summed E-state index contributed by atoms with van der Waals surface area (Å²) in [4.78, 5) is 17.7. The molecule has 28 heavy (non-hydrogen) atoms. The summed E-state index contributed by atoms with van der Waals surface area (Å²) in [6.07, 6.45) is 2.78. The average molecular weight is 409 g/mol. The SMILES string of the molecule is CCCN(/C=C(\S)c1ccnc2[nH]ccc12)c1cc(OCC(F)(F)F)ncn1. The highest BCUT2D eigenvalue weighted by molar-refractivity contribution is 7.90. The molecule has 6 nitrogen and oxygen atoms in total. The van der Waals surface area contributed by atoms with E-state index in [0.717, 1.165) is 23.0 Å². The second-order valence-electron chi connectivity index (χ2n) is 5.92. The highest BCUT2D eigenvalue weighted by Gasteiger charge is 2.28. The van der Waals surface area contributed by atoms with Crippen LogP contribution in [-0.4, -0.2) is 39.3 Å². The molecule has 0 atom stereocenters. The summed E-state index contributed by atoms with van der Waals surface area (Å²) in [7, 11) is 0. The molecule has 0 unspecified atom stereocenters. The van der Waals surface area contributed by atoms with Crippen molar-refractivity contribution in [1.29, 1.82) is 0 Å². The van der Waals surface area contributed by atoms with Crippen molar-refractivity contribution in [3.05, 3.63) is 48.7 Å². The van der Waals surface area contributed by atoms with E-state index >= 15 is 0 Å². The van der Waals surface area contributed by atoms with E-state index in [4.69, 9.17) is 4.74 Å². The Kier molecular flexibility index (Phi) is 6.08. The summed E-state index contributed by atoms with van der Waals surface area (Å²) in [5.74, 6) is 0.273. The maximum Gasteiger partial charge on any atom is 0.422 e. The molecule has 0 spiro atoms.